The summed E-state index contributed by atoms with van der Waals surface area (Å²) in [4.78, 5) is 15.9. The first-order valence-corrected chi connectivity index (χ1v) is 7.67. The lowest BCUT2D eigenvalue weighted by Crippen LogP contribution is -2.29. The summed E-state index contributed by atoms with van der Waals surface area (Å²) >= 11 is 1.98. The number of carbonyl (C=O) groups is 1. The van der Waals surface area contributed by atoms with E-state index in [0.717, 1.165) is 25.1 Å². The molecule has 1 aliphatic rings. The van der Waals surface area contributed by atoms with E-state index in [1.54, 1.807) is 6.20 Å². The van der Waals surface area contributed by atoms with E-state index < -0.39 is 0 Å². The quantitative estimate of drug-likeness (QED) is 0.858. The SMILES string of the molecule is O=C(CCCc1ccccn1)NCC1CCCS1. The normalized spacial score (nSPS) is 18.8. The van der Waals surface area contributed by atoms with E-state index in [-0.39, 0.29) is 5.91 Å². The number of rotatable bonds is 6. The van der Waals surface area contributed by atoms with Gasteiger partial charge >= 0.3 is 0 Å². The minimum Gasteiger partial charge on any atom is -0.355 e. The van der Waals surface area contributed by atoms with Crippen LogP contribution >= 0.6 is 11.8 Å². The molecule has 4 heteroatoms. The molecule has 0 aliphatic carbocycles. The first-order valence-electron chi connectivity index (χ1n) is 6.63. The van der Waals surface area contributed by atoms with Crippen molar-refractivity contribution in [3.8, 4) is 0 Å². The molecule has 1 N–H and O–H groups in total. The van der Waals surface area contributed by atoms with E-state index in [2.05, 4.69) is 10.3 Å². The molecular weight excluding hydrogens is 244 g/mol. The Kier molecular flexibility index (Phi) is 5.52. The van der Waals surface area contributed by atoms with Gasteiger partial charge in [-0.25, -0.2) is 0 Å². The summed E-state index contributed by atoms with van der Waals surface area (Å²) in [5, 5.41) is 3.67. The van der Waals surface area contributed by atoms with Crippen LogP contribution in [0.2, 0.25) is 0 Å². The second kappa shape index (κ2) is 7.41. The minimum atomic E-state index is 0.179. The monoisotopic (exact) mass is 264 g/mol. The Balaban J connectivity index is 1.57. The van der Waals surface area contributed by atoms with E-state index in [1.165, 1.54) is 18.6 Å². The Morgan fingerprint density at radius 1 is 1.50 bits per heavy atom. The molecule has 98 valence electrons. The summed E-state index contributed by atoms with van der Waals surface area (Å²) in [7, 11) is 0. The van der Waals surface area contributed by atoms with Gasteiger partial charge in [-0.15, -0.1) is 0 Å². The van der Waals surface area contributed by atoms with Crippen molar-refractivity contribution in [1.29, 1.82) is 0 Å². The highest BCUT2D eigenvalue weighted by Gasteiger charge is 2.15. The van der Waals surface area contributed by atoms with Gasteiger partial charge in [0, 0.05) is 30.1 Å². The number of nitrogens with zero attached hydrogens (tertiary/aromatic N) is 1. The second-order valence-electron chi connectivity index (χ2n) is 4.61. The van der Waals surface area contributed by atoms with E-state index in [0.29, 0.717) is 11.7 Å². The number of carbonyl (C=O) groups excluding carboxylic acids is 1. The zero-order chi connectivity index (χ0) is 12.6. The molecular formula is C14H20N2OS. The summed E-state index contributed by atoms with van der Waals surface area (Å²) in [6.45, 7) is 0.840. The van der Waals surface area contributed by atoms with Gasteiger partial charge in [-0.1, -0.05) is 6.07 Å². The number of hydrogen-bond donors (Lipinski definition) is 1. The van der Waals surface area contributed by atoms with E-state index in [4.69, 9.17) is 0 Å². The zero-order valence-corrected chi connectivity index (χ0v) is 11.4. The first-order chi connectivity index (χ1) is 8.84. The van der Waals surface area contributed by atoms with Gasteiger partial charge in [0.25, 0.3) is 0 Å². The number of nitrogens with one attached hydrogen (secondary N) is 1. The highest BCUT2D eigenvalue weighted by molar-refractivity contribution is 8.00. The summed E-state index contributed by atoms with van der Waals surface area (Å²) in [6, 6.07) is 5.91. The predicted octanol–water partition coefficient (Wildman–Crippen LogP) is 2.42. The van der Waals surface area contributed by atoms with Gasteiger partial charge in [-0.3, -0.25) is 9.78 Å². The molecule has 0 saturated carbocycles. The first kappa shape index (κ1) is 13.4. The fourth-order valence-corrected chi connectivity index (χ4v) is 3.30. The fourth-order valence-electron chi connectivity index (χ4n) is 2.10. The summed E-state index contributed by atoms with van der Waals surface area (Å²) < 4.78 is 0. The molecule has 0 spiro atoms. The Hall–Kier alpha value is -1.03. The van der Waals surface area contributed by atoms with Crippen molar-refractivity contribution in [2.45, 2.75) is 37.4 Å². The molecule has 1 aromatic heterocycles. The largest absolute Gasteiger partial charge is 0.355 e. The van der Waals surface area contributed by atoms with Crippen LogP contribution in [0.4, 0.5) is 0 Å². The van der Waals surface area contributed by atoms with Gasteiger partial charge < -0.3 is 5.32 Å². The molecule has 0 aromatic carbocycles. The van der Waals surface area contributed by atoms with Crippen molar-refractivity contribution < 1.29 is 4.79 Å². The average Bonchev–Trinajstić information content (AvgIpc) is 2.91. The van der Waals surface area contributed by atoms with Gasteiger partial charge in [0.1, 0.15) is 0 Å². The van der Waals surface area contributed by atoms with Crippen LogP contribution in [0.25, 0.3) is 0 Å². The summed E-state index contributed by atoms with van der Waals surface area (Å²) in [6.07, 6.45) is 6.71. The minimum absolute atomic E-state index is 0.179. The lowest BCUT2D eigenvalue weighted by Gasteiger charge is -2.09. The molecule has 0 radical (unpaired) electrons. The maximum atomic E-state index is 11.6. The molecule has 0 bridgehead atoms. The fraction of sp³-hybridized carbons (Fsp3) is 0.571. The van der Waals surface area contributed by atoms with Crippen molar-refractivity contribution in [3.63, 3.8) is 0 Å². The van der Waals surface area contributed by atoms with Crippen molar-refractivity contribution in [2.75, 3.05) is 12.3 Å². The standard InChI is InChI=1S/C14H20N2OS/c17-14(16-11-13-7-4-10-18-13)8-3-6-12-5-1-2-9-15-12/h1-2,5,9,13H,3-4,6-8,10-11H2,(H,16,17). The van der Waals surface area contributed by atoms with Crippen LogP contribution in [-0.4, -0.2) is 28.4 Å². The second-order valence-corrected chi connectivity index (χ2v) is 6.02. The van der Waals surface area contributed by atoms with Crippen LogP contribution in [0.1, 0.15) is 31.4 Å². The van der Waals surface area contributed by atoms with Gasteiger partial charge in [-0.05, 0) is 43.6 Å². The van der Waals surface area contributed by atoms with Gasteiger partial charge in [-0.2, -0.15) is 11.8 Å². The van der Waals surface area contributed by atoms with Crippen molar-refractivity contribution in [2.24, 2.45) is 0 Å². The maximum Gasteiger partial charge on any atom is 0.220 e. The average molecular weight is 264 g/mol. The highest BCUT2D eigenvalue weighted by atomic mass is 32.2. The Labute approximate surface area is 113 Å². The lowest BCUT2D eigenvalue weighted by molar-refractivity contribution is -0.121. The third kappa shape index (κ3) is 4.69. The Morgan fingerprint density at radius 2 is 2.44 bits per heavy atom. The smallest absolute Gasteiger partial charge is 0.220 e. The number of hydrogen-bond acceptors (Lipinski definition) is 3. The van der Waals surface area contributed by atoms with Gasteiger partial charge in [0.2, 0.25) is 5.91 Å². The van der Waals surface area contributed by atoms with Crippen LogP contribution in [0.3, 0.4) is 0 Å². The third-order valence-corrected chi connectivity index (χ3v) is 4.51. The van der Waals surface area contributed by atoms with Crippen molar-refractivity contribution in [1.82, 2.24) is 10.3 Å². The van der Waals surface area contributed by atoms with Gasteiger partial charge in [0.15, 0.2) is 0 Å². The number of aryl methyl sites for hydroxylation is 1. The van der Waals surface area contributed by atoms with Crippen LogP contribution in [0, 0.1) is 0 Å². The molecule has 1 atom stereocenters. The third-order valence-electron chi connectivity index (χ3n) is 3.11. The lowest BCUT2D eigenvalue weighted by atomic mass is 10.1. The topological polar surface area (TPSA) is 42.0 Å². The number of pyridine rings is 1. The molecule has 2 rings (SSSR count). The molecule has 1 saturated heterocycles. The number of aromatic nitrogens is 1. The van der Waals surface area contributed by atoms with E-state index in [1.807, 2.05) is 30.0 Å². The maximum absolute atomic E-state index is 11.6. The van der Waals surface area contributed by atoms with E-state index in [9.17, 15) is 4.79 Å². The Bertz CT molecular complexity index is 363. The van der Waals surface area contributed by atoms with Crippen molar-refractivity contribution in [3.05, 3.63) is 30.1 Å². The molecule has 18 heavy (non-hydrogen) atoms. The zero-order valence-electron chi connectivity index (χ0n) is 10.6. The molecule has 1 unspecified atom stereocenters. The molecule has 1 aliphatic heterocycles. The number of amides is 1. The van der Waals surface area contributed by atoms with Crippen LogP contribution < -0.4 is 5.32 Å². The Morgan fingerprint density at radius 3 is 3.17 bits per heavy atom. The van der Waals surface area contributed by atoms with Crippen LogP contribution in [0.15, 0.2) is 24.4 Å². The predicted molar refractivity (Wildman–Crippen MR) is 75.7 cm³/mol. The van der Waals surface area contributed by atoms with Gasteiger partial charge in [0.05, 0.1) is 0 Å². The molecule has 3 nitrogen and oxygen atoms in total. The molecule has 1 fully saturated rings. The summed E-state index contributed by atoms with van der Waals surface area (Å²) in [5.41, 5.74) is 1.07. The molecule has 2 heterocycles. The highest BCUT2D eigenvalue weighted by Crippen LogP contribution is 2.25. The summed E-state index contributed by atoms with van der Waals surface area (Å²) in [5.74, 6) is 1.43. The molecule has 1 aromatic rings. The van der Waals surface area contributed by atoms with Crippen LogP contribution in [-0.2, 0) is 11.2 Å². The number of thioether (sulfide) groups is 1. The molecule has 1 amide bonds. The van der Waals surface area contributed by atoms with Crippen molar-refractivity contribution >= 4 is 17.7 Å². The van der Waals surface area contributed by atoms with Crippen LogP contribution in [0.5, 0.6) is 0 Å². The van der Waals surface area contributed by atoms with E-state index >= 15 is 0 Å².